The molecule has 42 heavy (non-hydrogen) atoms. The molecule has 0 aromatic heterocycles. The number of aliphatic carboxylic acids is 1. The number of nitrogens with two attached hydrogens (primary N) is 1. The Morgan fingerprint density at radius 3 is 2.00 bits per heavy atom. The van der Waals surface area contributed by atoms with E-state index in [2.05, 4.69) is 10.6 Å². The van der Waals surface area contributed by atoms with Crippen LogP contribution in [0.1, 0.15) is 39.0 Å². The van der Waals surface area contributed by atoms with Crippen molar-refractivity contribution in [2.45, 2.75) is 44.2 Å². The van der Waals surface area contributed by atoms with Crippen LogP contribution in [-0.4, -0.2) is 40.1 Å². The highest BCUT2D eigenvalue weighted by molar-refractivity contribution is 5.99. The van der Waals surface area contributed by atoms with Crippen molar-refractivity contribution in [3.8, 4) is 5.75 Å². The number of rotatable bonds is 13. The summed E-state index contributed by atoms with van der Waals surface area (Å²) in [5, 5.41) is 24.9. The first-order valence-corrected chi connectivity index (χ1v) is 13.9. The van der Waals surface area contributed by atoms with E-state index in [-0.39, 0.29) is 23.6 Å². The summed E-state index contributed by atoms with van der Waals surface area (Å²) in [6.45, 7) is 0. The summed E-state index contributed by atoms with van der Waals surface area (Å²) < 4.78 is 0. The first kappa shape index (κ1) is 30.0. The summed E-state index contributed by atoms with van der Waals surface area (Å²) in [6, 6.07) is 28.9. The van der Waals surface area contributed by atoms with Gasteiger partial charge < -0.3 is 26.6 Å². The molecule has 2 atom stereocenters. The van der Waals surface area contributed by atoms with Crippen molar-refractivity contribution in [3.63, 3.8) is 0 Å². The maximum atomic E-state index is 13.2. The molecule has 4 aromatic rings. The summed E-state index contributed by atoms with van der Waals surface area (Å²) in [5.74, 6) is -1.81. The van der Waals surface area contributed by atoms with Crippen LogP contribution in [0.25, 0.3) is 0 Å². The number of carboxylic acids is 1. The van der Waals surface area contributed by atoms with Crippen LogP contribution in [0, 0.1) is 0 Å². The normalized spacial score (nSPS) is 12.2. The van der Waals surface area contributed by atoms with Gasteiger partial charge in [-0.15, -0.1) is 0 Å². The predicted molar refractivity (Wildman–Crippen MR) is 162 cm³/mol. The van der Waals surface area contributed by atoms with Crippen molar-refractivity contribution in [1.82, 2.24) is 5.32 Å². The van der Waals surface area contributed by atoms with Gasteiger partial charge >= 0.3 is 5.97 Å². The summed E-state index contributed by atoms with van der Waals surface area (Å²) in [7, 11) is 0. The lowest BCUT2D eigenvalue weighted by Gasteiger charge is -2.18. The fraction of sp³-hybridized carbons (Fsp3) is 0.206. The average molecular weight is 566 g/mol. The second kappa shape index (κ2) is 14.6. The van der Waals surface area contributed by atoms with Gasteiger partial charge in [0.15, 0.2) is 0 Å². The van der Waals surface area contributed by atoms with E-state index in [1.54, 1.807) is 30.3 Å². The zero-order valence-corrected chi connectivity index (χ0v) is 23.2. The van der Waals surface area contributed by atoms with Crippen LogP contribution in [-0.2, 0) is 35.3 Å². The van der Waals surface area contributed by atoms with E-state index in [9.17, 15) is 24.6 Å². The Kier molecular flexibility index (Phi) is 10.4. The first-order valence-electron chi connectivity index (χ1n) is 13.9. The van der Waals surface area contributed by atoms with Gasteiger partial charge in [-0.3, -0.25) is 9.59 Å². The zero-order chi connectivity index (χ0) is 29.9. The summed E-state index contributed by atoms with van der Waals surface area (Å²) in [4.78, 5) is 38.1. The number of carboxylic acid groups (broad SMARTS) is 1. The standard InChI is InChI=1S/C34H35N3O5/c35-29(21-25-9-5-2-6-10-25)33(40)36-30-20-16-27(22-26(30)15-11-24-12-17-28(38)18-13-24)32(39)37-31(34(41)42)19-14-23-7-3-1-4-8-23/h1-10,12-13,16-18,20,22,29,31,38H,11,14-15,19,21,35H2,(H,36,40)(H,37,39)(H,41,42)/t29?,31-/m0/s1. The molecule has 0 saturated carbocycles. The van der Waals surface area contributed by atoms with E-state index in [4.69, 9.17) is 5.73 Å². The molecular weight excluding hydrogens is 530 g/mol. The first-order chi connectivity index (χ1) is 20.3. The third kappa shape index (κ3) is 8.78. The molecular formula is C34H35N3O5. The highest BCUT2D eigenvalue weighted by Gasteiger charge is 2.22. The molecule has 8 nitrogen and oxygen atoms in total. The van der Waals surface area contributed by atoms with Crippen molar-refractivity contribution in [2.75, 3.05) is 5.32 Å². The molecule has 6 N–H and O–H groups in total. The number of benzene rings is 4. The molecule has 4 aromatic carbocycles. The van der Waals surface area contributed by atoms with Gasteiger partial charge in [-0.2, -0.15) is 0 Å². The average Bonchev–Trinajstić information content (AvgIpc) is 3.00. The van der Waals surface area contributed by atoms with Crippen molar-refractivity contribution in [2.24, 2.45) is 5.73 Å². The van der Waals surface area contributed by atoms with Crippen LogP contribution in [0.5, 0.6) is 5.75 Å². The third-order valence-electron chi connectivity index (χ3n) is 7.05. The van der Waals surface area contributed by atoms with Crippen molar-refractivity contribution < 1.29 is 24.6 Å². The Hall–Kier alpha value is -4.95. The second-order valence-electron chi connectivity index (χ2n) is 10.2. The van der Waals surface area contributed by atoms with Crippen molar-refractivity contribution >= 4 is 23.5 Å². The van der Waals surface area contributed by atoms with Gasteiger partial charge in [0.2, 0.25) is 5.91 Å². The molecule has 0 aliphatic carbocycles. The smallest absolute Gasteiger partial charge is 0.326 e. The number of anilines is 1. The number of carbonyl (C=O) groups is 3. The fourth-order valence-corrected chi connectivity index (χ4v) is 4.65. The van der Waals surface area contributed by atoms with Crippen molar-refractivity contribution in [3.05, 3.63) is 131 Å². The van der Waals surface area contributed by atoms with Crippen LogP contribution in [0.2, 0.25) is 0 Å². The number of carbonyl (C=O) groups excluding carboxylic acids is 2. The lowest BCUT2D eigenvalue weighted by molar-refractivity contribution is -0.139. The minimum atomic E-state index is -1.11. The third-order valence-corrected chi connectivity index (χ3v) is 7.05. The molecule has 0 fully saturated rings. The van der Waals surface area contributed by atoms with Crippen LogP contribution in [0.4, 0.5) is 5.69 Å². The number of aryl methyl sites for hydroxylation is 3. The highest BCUT2D eigenvalue weighted by atomic mass is 16.4. The van der Waals surface area contributed by atoms with E-state index in [0.717, 1.165) is 16.7 Å². The highest BCUT2D eigenvalue weighted by Crippen LogP contribution is 2.22. The molecule has 0 radical (unpaired) electrons. The molecule has 4 rings (SSSR count). The Morgan fingerprint density at radius 1 is 0.738 bits per heavy atom. The van der Waals surface area contributed by atoms with Gasteiger partial charge in [0.05, 0.1) is 6.04 Å². The van der Waals surface area contributed by atoms with E-state index in [0.29, 0.717) is 36.9 Å². The minimum absolute atomic E-state index is 0.165. The summed E-state index contributed by atoms with van der Waals surface area (Å²) in [6.07, 6.45) is 2.18. The lowest BCUT2D eigenvalue weighted by Crippen LogP contribution is -2.41. The predicted octanol–water partition coefficient (Wildman–Crippen LogP) is 4.50. The van der Waals surface area contributed by atoms with Gasteiger partial charge in [-0.1, -0.05) is 72.8 Å². The lowest BCUT2D eigenvalue weighted by atomic mass is 9.99. The number of phenolic OH excluding ortho intramolecular Hbond substituents is 1. The Bertz CT molecular complexity index is 1490. The molecule has 0 saturated heterocycles. The topological polar surface area (TPSA) is 142 Å². The molecule has 0 heterocycles. The largest absolute Gasteiger partial charge is 0.508 e. The molecule has 0 spiro atoms. The van der Waals surface area contributed by atoms with Crippen molar-refractivity contribution in [1.29, 1.82) is 0 Å². The second-order valence-corrected chi connectivity index (χ2v) is 10.2. The van der Waals surface area contributed by atoms with E-state index in [1.807, 2.05) is 72.8 Å². The van der Waals surface area contributed by atoms with Gasteiger partial charge in [0.1, 0.15) is 11.8 Å². The Balaban J connectivity index is 1.50. The molecule has 0 aliphatic heterocycles. The number of hydrogen-bond donors (Lipinski definition) is 5. The number of aromatic hydroxyl groups is 1. The maximum Gasteiger partial charge on any atom is 0.326 e. The van der Waals surface area contributed by atoms with E-state index < -0.39 is 24.0 Å². The van der Waals surface area contributed by atoms with Crippen LogP contribution in [0.15, 0.2) is 103 Å². The SMILES string of the molecule is NC(Cc1ccccc1)C(=O)Nc1ccc(C(=O)N[C@@H](CCc2ccccc2)C(=O)O)cc1CCc1ccc(O)cc1. The van der Waals surface area contributed by atoms with Gasteiger partial charge in [0, 0.05) is 11.3 Å². The van der Waals surface area contributed by atoms with Crippen LogP contribution < -0.4 is 16.4 Å². The molecule has 0 aliphatic rings. The molecule has 2 amide bonds. The number of nitrogens with one attached hydrogen (secondary N) is 2. The monoisotopic (exact) mass is 565 g/mol. The Morgan fingerprint density at radius 2 is 1.36 bits per heavy atom. The molecule has 8 heteroatoms. The fourth-order valence-electron chi connectivity index (χ4n) is 4.65. The van der Waals surface area contributed by atoms with E-state index in [1.165, 1.54) is 0 Å². The van der Waals surface area contributed by atoms with Crippen LogP contribution in [0.3, 0.4) is 0 Å². The quantitative estimate of drug-likeness (QED) is 0.162. The summed E-state index contributed by atoms with van der Waals surface area (Å²) in [5.41, 5.74) is 10.6. The molecule has 0 bridgehead atoms. The number of hydrogen-bond acceptors (Lipinski definition) is 5. The van der Waals surface area contributed by atoms with Gasteiger partial charge in [-0.05, 0) is 84.7 Å². The maximum absolute atomic E-state index is 13.2. The minimum Gasteiger partial charge on any atom is -0.508 e. The Labute approximate surface area is 245 Å². The zero-order valence-electron chi connectivity index (χ0n) is 23.2. The van der Waals surface area contributed by atoms with E-state index >= 15 is 0 Å². The van der Waals surface area contributed by atoms with Gasteiger partial charge in [-0.25, -0.2) is 4.79 Å². The number of amides is 2. The molecule has 1 unspecified atom stereocenters. The molecule has 216 valence electrons. The summed E-state index contributed by atoms with van der Waals surface area (Å²) >= 11 is 0. The number of phenols is 1. The van der Waals surface area contributed by atoms with Crippen LogP contribution >= 0.6 is 0 Å². The van der Waals surface area contributed by atoms with Gasteiger partial charge in [0.25, 0.3) is 5.91 Å².